The maximum Gasteiger partial charge on any atom is 0.126 e. The zero-order valence-electron chi connectivity index (χ0n) is 11.1. The van der Waals surface area contributed by atoms with Crippen LogP contribution in [0, 0.1) is 11.6 Å². The molecule has 0 N–H and O–H groups in total. The lowest BCUT2D eigenvalue weighted by Gasteiger charge is -2.30. The molecule has 0 saturated carbocycles. The van der Waals surface area contributed by atoms with Gasteiger partial charge in [0.15, 0.2) is 0 Å². The monoisotopic (exact) mass is 348 g/mol. The molecule has 0 heterocycles. The van der Waals surface area contributed by atoms with Crippen molar-refractivity contribution in [2.75, 3.05) is 11.8 Å². The Bertz CT molecular complexity index is 607. The van der Waals surface area contributed by atoms with Crippen molar-refractivity contribution in [1.82, 2.24) is 0 Å². The lowest BCUT2D eigenvalue weighted by molar-refractivity contribution is 0.510. The molecule has 0 spiro atoms. The highest BCUT2D eigenvalue weighted by Gasteiger charge is 2.32. The maximum absolute atomic E-state index is 13.9. The minimum atomic E-state index is -0.678. The fraction of sp³-hybridized carbons (Fsp3) is 0.250. The van der Waals surface area contributed by atoms with Crippen LogP contribution >= 0.6 is 34.8 Å². The maximum atomic E-state index is 13.9. The molecule has 0 aliphatic carbocycles. The summed E-state index contributed by atoms with van der Waals surface area (Å²) in [6.45, 7) is 0. The van der Waals surface area contributed by atoms with E-state index in [4.69, 9.17) is 34.8 Å². The van der Waals surface area contributed by atoms with Crippen molar-refractivity contribution in [2.45, 2.75) is 11.8 Å². The summed E-state index contributed by atoms with van der Waals surface area (Å²) in [5.74, 6) is -0.325. The molecule has 0 radical (unpaired) electrons. The van der Waals surface area contributed by atoms with Crippen LogP contribution < -0.4 is 0 Å². The van der Waals surface area contributed by atoms with Crippen LogP contribution in [0.2, 0.25) is 5.02 Å². The molecular weight excluding hydrogens is 337 g/mol. The summed E-state index contributed by atoms with van der Waals surface area (Å²) in [5, 5.41) is 0.448. The van der Waals surface area contributed by atoms with Gasteiger partial charge in [0.25, 0.3) is 0 Å². The molecule has 112 valence electrons. The van der Waals surface area contributed by atoms with Crippen molar-refractivity contribution in [3.63, 3.8) is 0 Å². The number of halogens is 5. The van der Waals surface area contributed by atoms with E-state index >= 15 is 0 Å². The molecule has 0 atom stereocenters. The third kappa shape index (κ3) is 3.68. The Morgan fingerprint density at radius 1 is 0.905 bits per heavy atom. The molecule has 0 nitrogen and oxygen atoms in total. The van der Waals surface area contributed by atoms with Crippen LogP contribution in [0.4, 0.5) is 8.78 Å². The van der Waals surface area contributed by atoms with Gasteiger partial charge in [-0.2, -0.15) is 0 Å². The predicted octanol–water partition coefficient (Wildman–Crippen LogP) is 5.58. The van der Waals surface area contributed by atoms with Gasteiger partial charge in [-0.1, -0.05) is 23.7 Å². The lowest BCUT2D eigenvalue weighted by Crippen LogP contribution is -2.33. The first kappa shape index (κ1) is 16.5. The highest BCUT2D eigenvalue weighted by Crippen LogP contribution is 2.33. The van der Waals surface area contributed by atoms with Gasteiger partial charge in [-0.25, -0.2) is 8.78 Å². The molecular formula is C16H13Cl3F2. The second kappa shape index (κ2) is 6.95. The van der Waals surface area contributed by atoms with Crippen molar-refractivity contribution < 1.29 is 8.78 Å². The van der Waals surface area contributed by atoms with Crippen LogP contribution in [-0.2, 0) is 11.8 Å². The third-order valence-corrected chi connectivity index (χ3v) is 4.76. The second-order valence-corrected chi connectivity index (χ2v) is 5.94. The summed E-state index contributed by atoms with van der Waals surface area (Å²) >= 11 is 18.1. The number of hydrogen-bond acceptors (Lipinski definition) is 0. The highest BCUT2D eigenvalue weighted by molar-refractivity contribution is 6.30. The summed E-state index contributed by atoms with van der Waals surface area (Å²) in [4.78, 5) is 0. The third-order valence-electron chi connectivity index (χ3n) is 3.50. The Hall–Kier alpha value is -0.830. The molecule has 2 rings (SSSR count). The average Bonchev–Trinajstić information content (AvgIpc) is 2.49. The molecule has 0 aliphatic heterocycles. The highest BCUT2D eigenvalue weighted by atomic mass is 35.5. The Morgan fingerprint density at radius 2 is 1.52 bits per heavy atom. The van der Waals surface area contributed by atoms with Gasteiger partial charge in [-0.15, -0.1) is 23.2 Å². The minimum Gasteiger partial charge on any atom is -0.207 e. The van der Waals surface area contributed by atoms with Gasteiger partial charge in [0.2, 0.25) is 0 Å². The van der Waals surface area contributed by atoms with E-state index in [2.05, 4.69) is 0 Å². The molecule has 5 heteroatoms. The number of alkyl halides is 2. The number of rotatable bonds is 5. The quantitative estimate of drug-likeness (QED) is 0.618. The fourth-order valence-electron chi connectivity index (χ4n) is 2.23. The first-order valence-electron chi connectivity index (χ1n) is 6.33. The van der Waals surface area contributed by atoms with Crippen LogP contribution in [0.3, 0.4) is 0 Å². The van der Waals surface area contributed by atoms with Crippen LogP contribution in [0.25, 0.3) is 0 Å². The number of hydrogen-bond donors (Lipinski definition) is 0. The summed E-state index contributed by atoms with van der Waals surface area (Å²) in [5.41, 5.74) is 0.531. The smallest absolute Gasteiger partial charge is 0.126 e. The first-order chi connectivity index (χ1) is 10.0. The van der Waals surface area contributed by atoms with Crippen molar-refractivity contribution in [1.29, 1.82) is 0 Å². The van der Waals surface area contributed by atoms with E-state index in [0.29, 0.717) is 10.6 Å². The van der Waals surface area contributed by atoms with Crippen molar-refractivity contribution in [3.05, 3.63) is 70.2 Å². The topological polar surface area (TPSA) is 0 Å². The largest absolute Gasteiger partial charge is 0.207 e. The molecule has 0 fully saturated rings. The van der Waals surface area contributed by atoms with Gasteiger partial charge in [-0.05, 0) is 47.9 Å². The molecule has 0 amide bonds. The summed E-state index contributed by atoms with van der Waals surface area (Å²) in [6.07, 6.45) is 0.290. The van der Waals surface area contributed by atoms with Crippen LogP contribution in [-0.4, -0.2) is 11.8 Å². The molecule has 2 aromatic carbocycles. The van der Waals surface area contributed by atoms with Crippen molar-refractivity contribution in [3.8, 4) is 0 Å². The minimum absolute atomic E-state index is 0.189. The average molecular weight is 350 g/mol. The van der Waals surface area contributed by atoms with E-state index in [-0.39, 0.29) is 29.8 Å². The van der Waals surface area contributed by atoms with E-state index in [1.54, 1.807) is 18.2 Å². The number of benzene rings is 2. The van der Waals surface area contributed by atoms with Gasteiger partial charge in [0, 0.05) is 22.2 Å². The summed E-state index contributed by atoms with van der Waals surface area (Å²) in [6, 6.07) is 10.3. The van der Waals surface area contributed by atoms with Crippen molar-refractivity contribution >= 4 is 34.8 Å². The molecule has 0 saturated heterocycles. The Balaban J connectivity index is 2.42. The Kier molecular flexibility index (Phi) is 5.48. The van der Waals surface area contributed by atoms with Gasteiger partial charge in [0.05, 0.1) is 0 Å². The molecule has 0 bridgehead atoms. The lowest BCUT2D eigenvalue weighted by atomic mass is 9.78. The van der Waals surface area contributed by atoms with Gasteiger partial charge in [-0.3, -0.25) is 0 Å². The molecule has 0 aliphatic rings. The van der Waals surface area contributed by atoms with Gasteiger partial charge < -0.3 is 0 Å². The normalized spacial score (nSPS) is 11.7. The van der Waals surface area contributed by atoms with E-state index in [0.717, 1.165) is 5.56 Å². The van der Waals surface area contributed by atoms with Crippen LogP contribution in [0.1, 0.15) is 11.1 Å². The fourth-order valence-corrected chi connectivity index (χ4v) is 3.21. The van der Waals surface area contributed by atoms with E-state index < -0.39 is 5.41 Å². The Morgan fingerprint density at radius 3 is 2.10 bits per heavy atom. The summed E-state index contributed by atoms with van der Waals surface area (Å²) < 4.78 is 27.0. The SMILES string of the molecule is Fc1ccc(C(CCl)(CCl)Cc2cc(Cl)ccc2F)cc1. The van der Waals surface area contributed by atoms with E-state index in [1.807, 2.05) is 0 Å². The summed E-state index contributed by atoms with van der Waals surface area (Å²) in [7, 11) is 0. The second-order valence-electron chi connectivity index (χ2n) is 4.97. The molecule has 21 heavy (non-hydrogen) atoms. The van der Waals surface area contributed by atoms with E-state index in [9.17, 15) is 8.78 Å². The van der Waals surface area contributed by atoms with Gasteiger partial charge in [0.1, 0.15) is 11.6 Å². The van der Waals surface area contributed by atoms with E-state index in [1.165, 1.54) is 24.3 Å². The Labute approximate surface area is 137 Å². The zero-order chi connectivity index (χ0) is 15.5. The molecule has 0 unspecified atom stereocenters. The van der Waals surface area contributed by atoms with Gasteiger partial charge >= 0.3 is 0 Å². The molecule has 0 aromatic heterocycles. The first-order valence-corrected chi connectivity index (χ1v) is 7.77. The predicted molar refractivity (Wildman–Crippen MR) is 84.6 cm³/mol. The van der Waals surface area contributed by atoms with Crippen LogP contribution in [0.15, 0.2) is 42.5 Å². The van der Waals surface area contributed by atoms with Crippen LogP contribution in [0.5, 0.6) is 0 Å². The van der Waals surface area contributed by atoms with Crippen molar-refractivity contribution in [2.24, 2.45) is 0 Å². The zero-order valence-corrected chi connectivity index (χ0v) is 13.3. The molecule has 2 aromatic rings. The standard InChI is InChI=1S/C16H13Cl3F2/c17-9-16(10-18,12-1-4-14(20)5-2-12)8-11-7-13(19)3-6-15(11)21/h1-7H,8-10H2.